The molecule has 1 fully saturated rings. The molecule has 0 unspecified atom stereocenters. The first-order valence-corrected chi connectivity index (χ1v) is 9.12. The zero-order valence-corrected chi connectivity index (χ0v) is 15.8. The molecule has 1 amide bonds. The number of ketones is 2. The van der Waals surface area contributed by atoms with Gasteiger partial charge in [-0.05, 0) is 19.1 Å². The van der Waals surface area contributed by atoms with Gasteiger partial charge in [-0.1, -0.05) is 37.3 Å². The fraction of sp³-hybridized carbons (Fsp3) is 0.286. The minimum absolute atomic E-state index is 0.0136. The van der Waals surface area contributed by atoms with Gasteiger partial charge in [-0.25, -0.2) is 0 Å². The lowest BCUT2D eigenvalue weighted by atomic mass is 9.85. The first kappa shape index (κ1) is 19.1. The number of carbonyl (C=O) groups excluding carboxylic acids is 3. The fourth-order valence-corrected chi connectivity index (χ4v) is 3.66. The molecule has 1 saturated heterocycles. The van der Waals surface area contributed by atoms with Crippen LogP contribution in [0.4, 0.5) is 0 Å². The zero-order chi connectivity index (χ0) is 21.0. The van der Waals surface area contributed by atoms with Gasteiger partial charge in [0.05, 0.1) is 0 Å². The van der Waals surface area contributed by atoms with Crippen LogP contribution in [0.15, 0.2) is 52.5 Å². The van der Waals surface area contributed by atoms with E-state index in [1.807, 2.05) is 6.92 Å². The first-order chi connectivity index (χ1) is 13.8. The molecule has 2 aliphatic heterocycles. The maximum atomic E-state index is 13.0. The highest BCUT2D eigenvalue weighted by molar-refractivity contribution is 6.25. The van der Waals surface area contributed by atoms with E-state index in [9.17, 15) is 24.6 Å². The Bertz CT molecular complexity index is 1050. The molecule has 8 nitrogen and oxygen atoms in total. The second kappa shape index (κ2) is 6.40. The molecule has 3 atom stereocenters. The number of aliphatic hydroxyl groups excluding tert-OH is 1. The van der Waals surface area contributed by atoms with Crippen molar-refractivity contribution < 1.29 is 33.8 Å². The van der Waals surface area contributed by atoms with Crippen molar-refractivity contribution in [3.63, 3.8) is 0 Å². The van der Waals surface area contributed by atoms with Gasteiger partial charge >= 0.3 is 0 Å². The number of amides is 1. The fourth-order valence-electron chi connectivity index (χ4n) is 3.66. The lowest BCUT2D eigenvalue weighted by Gasteiger charge is -2.29. The molecule has 4 rings (SSSR count). The Morgan fingerprint density at radius 1 is 1.17 bits per heavy atom. The molecule has 0 radical (unpaired) electrons. The van der Waals surface area contributed by atoms with Gasteiger partial charge < -0.3 is 24.7 Å². The Balaban J connectivity index is 1.73. The van der Waals surface area contributed by atoms with Crippen LogP contribution in [-0.2, 0) is 20.7 Å². The van der Waals surface area contributed by atoms with Crippen molar-refractivity contribution in [2.75, 3.05) is 0 Å². The lowest BCUT2D eigenvalue weighted by molar-refractivity contribution is -0.154. The van der Waals surface area contributed by atoms with E-state index in [2.05, 4.69) is 5.32 Å². The van der Waals surface area contributed by atoms with Gasteiger partial charge in [0.25, 0.3) is 11.5 Å². The molecule has 1 spiro atoms. The maximum Gasteiger partial charge on any atom is 0.279 e. The predicted octanol–water partition coefficient (Wildman–Crippen LogP) is 0.973. The molecule has 3 N–H and O–H groups in total. The average molecular weight is 397 g/mol. The Morgan fingerprint density at radius 2 is 1.86 bits per heavy atom. The summed E-state index contributed by atoms with van der Waals surface area (Å²) < 4.78 is 11.2. The highest BCUT2D eigenvalue weighted by atomic mass is 16.6. The molecule has 1 aromatic heterocycles. The number of rotatable bonds is 4. The number of furan rings is 1. The molecule has 8 heteroatoms. The molecule has 3 heterocycles. The summed E-state index contributed by atoms with van der Waals surface area (Å²) in [5.74, 6) is -2.05. The molecule has 0 saturated carbocycles. The van der Waals surface area contributed by atoms with Crippen molar-refractivity contribution in [3.8, 4) is 0 Å². The van der Waals surface area contributed by atoms with Crippen LogP contribution in [-0.4, -0.2) is 45.1 Å². The van der Waals surface area contributed by atoms with Gasteiger partial charge in [0.15, 0.2) is 17.6 Å². The number of aryl methyl sites for hydroxylation is 1. The average Bonchev–Trinajstić information content (AvgIpc) is 3.36. The van der Waals surface area contributed by atoms with Gasteiger partial charge in [-0.15, -0.1) is 0 Å². The van der Waals surface area contributed by atoms with Crippen molar-refractivity contribution in [3.05, 3.63) is 65.1 Å². The van der Waals surface area contributed by atoms with Crippen LogP contribution in [0.2, 0.25) is 0 Å². The lowest BCUT2D eigenvalue weighted by Crippen LogP contribution is -2.59. The Morgan fingerprint density at radius 3 is 2.48 bits per heavy atom. The molecular weight excluding hydrogens is 378 g/mol. The highest BCUT2D eigenvalue weighted by Crippen LogP contribution is 2.45. The van der Waals surface area contributed by atoms with Crippen molar-refractivity contribution in [2.24, 2.45) is 0 Å². The Hall–Kier alpha value is -3.23. The van der Waals surface area contributed by atoms with Crippen LogP contribution in [0.3, 0.4) is 0 Å². The minimum atomic E-state index is -2.72. The number of nitrogens with one attached hydrogen (secondary N) is 1. The maximum absolute atomic E-state index is 13.0. The van der Waals surface area contributed by atoms with Crippen LogP contribution in [0.5, 0.6) is 0 Å². The zero-order valence-electron chi connectivity index (χ0n) is 15.8. The third kappa shape index (κ3) is 2.49. The summed E-state index contributed by atoms with van der Waals surface area (Å²) in [4.78, 5) is 38.6. The summed E-state index contributed by atoms with van der Waals surface area (Å²) in [7, 11) is 0. The summed E-state index contributed by atoms with van der Waals surface area (Å²) >= 11 is 0. The smallest absolute Gasteiger partial charge is 0.279 e. The van der Waals surface area contributed by atoms with Crippen LogP contribution < -0.4 is 5.32 Å². The quantitative estimate of drug-likeness (QED) is 0.518. The standard InChI is InChI=1S/C21H19NO7/c1-3-13-9-10-14(28-13)15-11(2)16(23)20(29-15)18(25)21(27,22-19(20)26)17(24)12-7-5-4-6-8-12/h4-10,18,25,27H,3H2,1-2H3,(H,22,26)/t18-,20-,21-/m1/s1. The summed E-state index contributed by atoms with van der Waals surface area (Å²) in [6, 6.07) is 10.9. The monoisotopic (exact) mass is 397 g/mol. The van der Waals surface area contributed by atoms with E-state index in [0.717, 1.165) is 0 Å². The van der Waals surface area contributed by atoms with E-state index in [0.29, 0.717) is 12.2 Å². The number of aliphatic hydroxyl groups is 2. The highest BCUT2D eigenvalue weighted by Gasteiger charge is 2.73. The predicted molar refractivity (Wildman–Crippen MR) is 99.4 cm³/mol. The normalized spacial score (nSPS) is 28.8. The Kier molecular flexibility index (Phi) is 4.21. The van der Waals surface area contributed by atoms with E-state index >= 15 is 0 Å². The number of Topliss-reactive ketones (excluding diaryl/α,β-unsaturated/α-hetero) is 2. The van der Waals surface area contributed by atoms with Gasteiger partial charge in [0.1, 0.15) is 5.76 Å². The molecule has 0 aliphatic carbocycles. The second-order valence-corrected chi connectivity index (χ2v) is 7.06. The molecule has 0 bridgehead atoms. The summed E-state index contributed by atoms with van der Waals surface area (Å²) in [5, 5.41) is 23.8. The summed E-state index contributed by atoms with van der Waals surface area (Å²) in [6.45, 7) is 3.31. The van der Waals surface area contributed by atoms with Crippen molar-refractivity contribution >= 4 is 23.2 Å². The van der Waals surface area contributed by atoms with E-state index in [4.69, 9.17) is 9.15 Å². The number of hydrogen-bond acceptors (Lipinski definition) is 7. The number of ether oxygens (including phenoxy) is 1. The van der Waals surface area contributed by atoms with Crippen LogP contribution >= 0.6 is 0 Å². The second-order valence-electron chi connectivity index (χ2n) is 7.06. The van der Waals surface area contributed by atoms with Gasteiger partial charge in [-0.3, -0.25) is 14.4 Å². The molecule has 2 aliphatic rings. The van der Waals surface area contributed by atoms with E-state index in [1.165, 1.54) is 19.1 Å². The van der Waals surface area contributed by atoms with E-state index in [-0.39, 0.29) is 22.7 Å². The molecule has 29 heavy (non-hydrogen) atoms. The topological polar surface area (TPSA) is 126 Å². The molecular formula is C21H19NO7. The molecule has 1 aromatic carbocycles. The van der Waals surface area contributed by atoms with Crippen molar-refractivity contribution in [1.29, 1.82) is 0 Å². The van der Waals surface area contributed by atoms with Gasteiger partial charge in [0, 0.05) is 17.6 Å². The summed E-state index contributed by atoms with van der Waals surface area (Å²) in [5.41, 5.74) is -5.09. The van der Waals surface area contributed by atoms with Crippen molar-refractivity contribution in [2.45, 2.75) is 37.7 Å². The molecule has 150 valence electrons. The van der Waals surface area contributed by atoms with Crippen LogP contribution in [0.25, 0.3) is 5.76 Å². The largest absolute Gasteiger partial charge is 0.462 e. The van der Waals surface area contributed by atoms with E-state index < -0.39 is 34.9 Å². The minimum Gasteiger partial charge on any atom is -0.462 e. The number of carbonyl (C=O) groups is 3. The molecule has 2 aromatic rings. The SMILES string of the molecule is CCc1ccc(C2=C(C)C(=O)[C@]3(O2)C(=O)N[C@@](O)(C(=O)c2ccccc2)[C@@H]3O)o1. The number of hydrogen-bond donors (Lipinski definition) is 3. The summed E-state index contributed by atoms with van der Waals surface area (Å²) in [6.07, 6.45) is -1.56. The third-order valence-electron chi connectivity index (χ3n) is 5.32. The Labute approximate surface area is 165 Å². The van der Waals surface area contributed by atoms with Crippen LogP contribution in [0, 0.1) is 0 Å². The van der Waals surface area contributed by atoms with E-state index in [1.54, 1.807) is 30.3 Å². The van der Waals surface area contributed by atoms with Crippen molar-refractivity contribution in [1.82, 2.24) is 5.32 Å². The number of benzene rings is 1. The third-order valence-corrected chi connectivity index (χ3v) is 5.32. The van der Waals surface area contributed by atoms with Gasteiger partial charge in [0.2, 0.25) is 17.3 Å². The first-order valence-electron chi connectivity index (χ1n) is 9.12. The van der Waals surface area contributed by atoms with Crippen LogP contribution in [0.1, 0.15) is 35.7 Å². The van der Waals surface area contributed by atoms with Gasteiger partial charge in [-0.2, -0.15) is 0 Å².